The molecular weight excluding hydrogens is 260 g/mol. The van der Waals surface area contributed by atoms with Crippen LogP contribution in [0.15, 0.2) is 0 Å². The Morgan fingerprint density at radius 2 is 1.52 bits per heavy atom. The van der Waals surface area contributed by atoms with Gasteiger partial charge in [0.1, 0.15) is 0 Å². The minimum Gasteiger partial charge on any atom is -0.396 e. The highest BCUT2D eigenvalue weighted by Crippen LogP contribution is 2.30. The van der Waals surface area contributed by atoms with Gasteiger partial charge in [-0.1, -0.05) is 72.6 Å². The Morgan fingerprint density at radius 3 is 2.05 bits per heavy atom. The standard InChI is InChI=1S/C19H40O2/c1-5-11-18(15-20)17(3)12-9-7-8-10-14-19(4,16-21)13-6-2/h17-18,20-21H,5-16H2,1-4H3. The third-order valence-electron chi connectivity index (χ3n) is 5.12. The molecule has 21 heavy (non-hydrogen) atoms. The van der Waals surface area contributed by atoms with Crippen molar-refractivity contribution in [3.63, 3.8) is 0 Å². The van der Waals surface area contributed by atoms with Gasteiger partial charge in [-0.25, -0.2) is 0 Å². The van der Waals surface area contributed by atoms with Gasteiger partial charge in [0.25, 0.3) is 0 Å². The second kappa shape index (κ2) is 12.5. The van der Waals surface area contributed by atoms with E-state index >= 15 is 0 Å². The zero-order valence-corrected chi connectivity index (χ0v) is 15.0. The Balaban J connectivity index is 3.71. The fourth-order valence-corrected chi connectivity index (χ4v) is 3.42. The normalized spacial score (nSPS) is 17.4. The summed E-state index contributed by atoms with van der Waals surface area (Å²) in [4.78, 5) is 0. The molecule has 0 aliphatic carbocycles. The number of unbranched alkanes of at least 4 members (excludes halogenated alkanes) is 3. The highest BCUT2D eigenvalue weighted by atomic mass is 16.3. The lowest BCUT2D eigenvalue weighted by Gasteiger charge is -2.26. The van der Waals surface area contributed by atoms with E-state index in [9.17, 15) is 10.2 Å². The van der Waals surface area contributed by atoms with E-state index in [1.54, 1.807) is 0 Å². The van der Waals surface area contributed by atoms with Crippen molar-refractivity contribution < 1.29 is 10.2 Å². The van der Waals surface area contributed by atoms with Crippen molar-refractivity contribution in [3.05, 3.63) is 0 Å². The van der Waals surface area contributed by atoms with E-state index in [1.807, 2.05) is 0 Å². The molecule has 0 aliphatic heterocycles. The van der Waals surface area contributed by atoms with Crippen molar-refractivity contribution in [2.45, 2.75) is 91.9 Å². The molecule has 0 aromatic carbocycles. The first-order valence-corrected chi connectivity index (χ1v) is 9.24. The SMILES string of the molecule is CCCC(CO)C(C)CCCCCCC(C)(CO)CCC. The molecule has 0 radical (unpaired) electrons. The molecule has 0 amide bonds. The molecule has 3 atom stereocenters. The quantitative estimate of drug-likeness (QED) is 0.434. The Bertz CT molecular complexity index is 230. The molecule has 0 bridgehead atoms. The van der Waals surface area contributed by atoms with Crippen LogP contribution in [-0.2, 0) is 0 Å². The maximum atomic E-state index is 9.51. The van der Waals surface area contributed by atoms with Gasteiger partial charge in [-0.15, -0.1) is 0 Å². The van der Waals surface area contributed by atoms with Gasteiger partial charge in [-0.2, -0.15) is 0 Å². The molecule has 0 aliphatic rings. The van der Waals surface area contributed by atoms with Crippen molar-refractivity contribution in [2.75, 3.05) is 13.2 Å². The van der Waals surface area contributed by atoms with Crippen molar-refractivity contribution in [1.29, 1.82) is 0 Å². The maximum absolute atomic E-state index is 9.51. The van der Waals surface area contributed by atoms with Crippen molar-refractivity contribution >= 4 is 0 Å². The molecule has 0 heterocycles. The van der Waals surface area contributed by atoms with Crippen LogP contribution in [0.25, 0.3) is 0 Å². The Morgan fingerprint density at radius 1 is 0.857 bits per heavy atom. The molecule has 2 nitrogen and oxygen atoms in total. The van der Waals surface area contributed by atoms with Gasteiger partial charge in [0.15, 0.2) is 0 Å². The van der Waals surface area contributed by atoms with Crippen molar-refractivity contribution in [1.82, 2.24) is 0 Å². The topological polar surface area (TPSA) is 40.5 Å². The molecule has 0 saturated heterocycles. The van der Waals surface area contributed by atoms with Gasteiger partial charge in [-0.05, 0) is 36.5 Å². The minimum atomic E-state index is 0.144. The van der Waals surface area contributed by atoms with Crippen LogP contribution in [0, 0.1) is 17.3 Å². The lowest BCUT2D eigenvalue weighted by molar-refractivity contribution is 0.118. The fourth-order valence-electron chi connectivity index (χ4n) is 3.42. The van der Waals surface area contributed by atoms with Crippen LogP contribution in [0.3, 0.4) is 0 Å². The van der Waals surface area contributed by atoms with Gasteiger partial charge >= 0.3 is 0 Å². The fraction of sp³-hybridized carbons (Fsp3) is 1.00. The molecule has 0 rings (SSSR count). The molecule has 0 spiro atoms. The summed E-state index contributed by atoms with van der Waals surface area (Å²) in [7, 11) is 0. The van der Waals surface area contributed by atoms with Crippen LogP contribution in [0.4, 0.5) is 0 Å². The zero-order valence-electron chi connectivity index (χ0n) is 15.0. The van der Waals surface area contributed by atoms with E-state index < -0.39 is 0 Å². The first-order chi connectivity index (χ1) is 10.0. The summed E-state index contributed by atoms with van der Waals surface area (Å²) in [6.45, 7) is 9.58. The number of hydrogen-bond donors (Lipinski definition) is 2. The van der Waals surface area contributed by atoms with Crippen molar-refractivity contribution in [3.8, 4) is 0 Å². The van der Waals surface area contributed by atoms with E-state index in [4.69, 9.17) is 0 Å². The van der Waals surface area contributed by atoms with Crippen molar-refractivity contribution in [2.24, 2.45) is 17.3 Å². The summed E-state index contributed by atoms with van der Waals surface area (Å²) in [5, 5.41) is 18.9. The van der Waals surface area contributed by atoms with E-state index in [2.05, 4.69) is 27.7 Å². The summed E-state index contributed by atoms with van der Waals surface area (Å²) >= 11 is 0. The predicted molar refractivity (Wildman–Crippen MR) is 92.5 cm³/mol. The lowest BCUT2D eigenvalue weighted by atomic mass is 9.81. The summed E-state index contributed by atoms with van der Waals surface area (Å²) in [6, 6.07) is 0. The highest BCUT2D eigenvalue weighted by molar-refractivity contribution is 4.72. The van der Waals surface area contributed by atoms with Crippen LogP contribution in [0.5, 0.6) is 0 Å². The third-order valence-corrected chi connectivity index (χ3v) is 5.12. The number of aliphatic hydroxyl groups is 2. The second-order valence-corrected chi connectivity index (χ2v) is 7.38. The third kappa shape index (κ3) is 9.52. The van der Waals surface area contributed by atoms with Crippen LogP contribution in [0.2, 0.25) is 0 Å². The predicted octanol–water partition coefficient (Wildman–Crippen LogP) is 5.17. The number of aliphatic hydroxyl groups excluding tert-OH is 2. The van der Waals surface area contributed by atoms with Gasteiger partial charge < -0.3 is 10.2 Å². The summed E-state index contributed by atoms with van der Waals surface area (Å²) in [5.74, 6) is 1.15. The first-order valence-electron chi connectivity index (χ1n) is 9.24. The van der Waals surface area contributed by atoms with Gasteiger partial charge in [0.2, 0.25) is 0 Å². The number of rotatable bonds is 14. The first kappa shape index (κ1) is 20.9. The number of hydrogen-bond acceptors (Lipinski definition) is 2. The summed E-state index contributed by atoms with van der Waals surface area (Å²) in [5.41, 5.74) is 0.144. The molecule has 0 fully saturated rings. The molecule has 0 aromatic heterocycles. The van der Waals surface area contributed by atoms with Gasteiger partial charge in [-0.3, -0.25) is 0 Å². The highest BCUT2D eigenvalue weighted by Gasteiger charge is 2.21. The zero-order chi connectivity index (χ0) is 16.1. The van der Waals surface area contributed by atoms with E-state index in [1.165, 1.54) is 38.5 Å². The van der Waals surface area contributed by atoms with Crippen LogP contribution < -0.4 is 0 Å². The Kier molecular flexibility index (Phi) is 12.4. The Labute approximate surface area is 133 Å². The summed E-state index contributed by atoms with van der Waals surface area (Å²) in [6.07, 6.45) is 12.1. The van der Waals surface area contributed by atoms with E-state index in [0.717, 1.165) is 25.7 Å². The second-order valence-electron chi connectivity index (χ2n) is 7.38. The molecule has 3 unspecified atom stereocenters. The molecule has 0 aromatic rings. The van der Waals surface area contributed by atoms with Crippen LogP contribution in [-0.4, -0.2) is 23.4 Å². The van der Waals surface area contributed by atoms with Crippen LogP contribution in [0.1, 0.15) is 91.9 Å². The minimum absolute atomic E-state index is 0.144. The average molecular weight is 301 g/mol. The van der Waals surface area contributed by atoms with Gasteiger partial charge in [0.05, 0.1) is 0 Å². The van der Waals surface area contributed by atoms with Gasteiger partial charge in [0, 0.05) is 13.2 Å². The largest absolute Gasteiger partial charge is 0.396 e. The summed E-state index contributed by atoms with van der Waals surface area (Å²) < 4.78 is 0. The molecule has 2 heteroatoms. The monoisotopic (exact) mass is 300 g/mol. The molecule has 0 saturated carbocycles. The van der Waals surface area contributed by atoms with E-state index in [0.29, 0.717) is 25.0 Å². The molecule has 128 valence electrons. The molecule has 2 N–H and O–H groups in total. The van der Waals surface area contributed by atoms with E-state index in [-0.39, 0.29) is 5.41 Å². The van der Waals surface area contributed by atoms with Crippen LogP contribution >= 0.6 is 0 Å². The average Bonchev–Trinajstić information content (AvgIpc) is 2.48. The smallest absolute Gasteiger partial charge is 0.0484 e. The lowest BCUT2D eigenvalue weighted by Crippen LogP contribution is -2.21. The molecular formula is C19H40O2. The Hall–Kier alpha value is -0.0800. The maximum Gasteiger partial charge on any atom is 0.0484 e.